The molecule has 1 aromatic carbocycles. The van der Waals surface area contributed by atoms with E-state index in [1.54, 1.807) is 7.11 Å². The molecular weight excluding hydrogens is 288 g/mol. The number of Topliss-reactive ketones (excluding diaryl/α,β-unsaturated/α-hetero) is 1. The Balaban J connectivity index is 1.63. The van der Waals surface area contributed by atoms with E-state index in [1.165, 1.54) is 18.5 Å². The highest BCUT2D eigenvalue weighted by Gasteiger charge is 2.28. The molecule has 1 saturated carbocycles. The maximum atomic E-state index is 12.5. The van der Waals surface area contributed by atoms with Crippen molar-refractivity contribution < 1.29 is 9.53 Å². The second kappa shape index (κ2) is 6.59. The summed E-state index contributed by atoms with van der Waals surface area (Å²) in [5, 5.41) is 3.24. The molecular formula is C19H24N2O2. The second-order valence-corrected chi connectivity index (χ2v) is 6.22. The standard InChI is InChI=1S/C19H24N2O2/c1-13-10-17(14(2)21(13)16-8-9-16)18(22)12-20-11-15-6-4-5-7-19(15)23-3/h4-7,10,16,20H,8-9,11-12H2,1-3H3. The number of aryl methyl sites for hydroxylation is 1. The van der Waals surface area contributed by atoms with E-state index in [4.69, 9.17) is 4.74 Å². The first-order chi connectivity index (χ1) is 11.1. The number of carbonyl (C=O) groups excluding carboxylic acids is 1. The molecule has 23 heavy (non-hydrogen) atoms. The summed E-state index contributed by atoms with van der Waals surface area (Å²) >= 11 is 0. The Morgan fingerprint density at radius 1 is 1.30 bits per heavy atom. The lowest BCUT2D eigenvalue weighted by atomic mass is 10.1. The number of nitrogens with zero attached hydrogens (tertiary/aromatic N) is 1. The molecule has 1 N–H and O–H groups in total. The van der Waals surface area contributed by atoms with Crippen molar-refractivity contribution in [2.45, 2.75) is 39.3 Å². The fourth-order valence-corrected chi connectivity index (χ4v) is 3.21. The van der Waals surface area contributed by atoms with Crippen LogP contribution in [-0.4, -0.2) is 24.0 Å². The number of ether oxygens (including phenoxy) is 1. The van der Waals surface area contributed by atoms with Gasteiger partial charge >= 0.3 is 0 Å². The van der Waals surface area contributed by atoms with Crippen LogP contribution >= 0.6 is 0 Å². The van der Waals surface area contributed by atoms with E-state index >= 15 is 0 Å². The molecule has 1 aliphatic carbocycles. The highest BCUT2D eigenvalue weighted by molar-refractivity contribution is 5.99. The van der Waals surface area contributed by atoms with E-state index < -0.39 is 0 Å². The van der Waals surface area contributed by atoms with Gasteiger partial charge in [-0.2, -0.15) is 0 Å². The van der Waals surface area contributed by atoms with Gasteiger partial charge in [-0.05, 0) is 38.8 Å². The largest absolute Gasteiger partial charge is 0.496 e. The molecule has 0 radical (unpaired) electrons. The number of hydrogen-bond acceptors (Lipinski definition) is 3. The van der Waals surface area contributed by atoms with Gasteiger partial charge in [-0.15, -0.1) is 0 Å². The number of para-hydroxylation sites is 1. The first kappa shape index (κ1) is 15.8. The third-order valence-corrected chi connectivity index (χ3v) is 4.49. The topological polar surface area (TPSA) is 43.3 Å². The Labute approximate surface area is 137 Å². The van der Waals surface area contributed by atoms with Crippen LogP contribution in [0.5, 0.6) is 5.75 Å². The van der Waals surface area contributed by atoms with Crippen molar-refractivity contribution in [1.82, 2.24) is 9.88 Å². The molecule has 4 nitrogen and oxygen atoms in total. The molecule has 0 unspecified atom stereocenters. The molecule has 1 heterocycles. The summed E-state index contributed by atoms with van der Waals surface area (Å²) in [7, 11) is 1.66. The molecule has 122 valence electrons. The molecule has 0 spiro atoms. The van der Waals surface area contributed by atoms with E-state index in [9.17, 15) is 4.79 Å². The maximum Gasteiger partial charge on any atom is 0.178 e. The van der Waals surface area contributed by atoms with E-state index in [1.807, 2.05) is 30.3 Å². The van der Waals surface area contributed by atoms with Crippen LogP contribution in [0.1, 0.15) is 46.2 Å². The molecule has 1 aromatic heterocycles. The van der Waals surface area contributed by atoms with Gasteiger partial charge in [0.1, 0.15) is 5.75 Å². The number of rotatable bonds is 7. The van der Waals surface area contributed by atoms with Gasteiger partial charge < -0.3 is 14.6 Å². The minimum atomic E-state index is 0.153. The predicted molar refractivity (Wildman–Crippen MR) is 91.2 cm³/mol. The average molecular weight is 312 g/mol. The first-order valence-electron chi connectivity index (χ1n) is 8.16. The van der Waals surface area contributed by atoms with Crippen LogP contribution in [0, 0.1) is 13.8 Å². The van der Waals surface area contributed by atoms with E-state index in [-0.39, 0.29) is 5.78 Å². The van der Waals surface area contributed by atoms with Crippen LogP contribution < -0.4 is 10.1 Å². The lowest BCUT2D eigenvalue weighted by Crippen LogP contribution is -2.23. The normalized spacial score (nSPS) is 14.0. The molecule has 0 saturated heterocycles. The first-order valence-corrected chi connectivity index (χ1v) is 8.16. The van der Waals surface area contributed by atoms with Gasteiger partial charge in [-0.1, -0.05) is 18.2 Å². The van der Waals surface area contributed by atoms with Gasteiger partial charge in [0.25, 0.3) is 0 Å². The summed E-state index contributed by atoms with van der Waals surface area (Å²) in [6, 6.07) is 10.5. The second-order valence-electron chi connectivity index (χ2n) is 6.22. The van der Waals surface area contributed by atoms with Gasteiger partial charge in [-0.25, -0.2) is 0 Å². The Morgan fingerprint density at radius 3 is 2.74 bits per heavy atom. The van der Waals surface area contributed by atoms with Crippen molar-refractivity contribution in [3.05, 3.63) is 52.8 Å². The van der Waals surface area contributed by atoms with Gasteiger partial charge in [0.05, 0.1) is 13.7 Å². The zero-order valence-electron chi connectivity index (χ0n) is 14.1. The van der Waals surface area contributed by atoms with Gasteiger partial charge in [0.2, 0.25) is 0 Å². The molecule has 3 rings (SSSR count). The highest BCUT2D eigenvalue weighted by Crippen LogP contribution is 2.38. The molecule has 0 amide bonds. The van der Waals surface area contributed by atoms with Gasteiger partial charge in [0.15, 0.2) is 5.78 Å². The van der Waals surface area contributed by atoms with Gasteiger partial charge in [0, 0.05) is 35.1 Å². The summed E-state index contributed by atoms with van der Waals surface area (Å²) in [6.07, 6.45) is 2.46. The predicted octanol–water partition coefficient (Wildman–Crippen LogP) is 3.42. The minimum absolute atomic E-state index is 0.153. The van der Waals surface area contributed by atoms with Crippen molar-refractivity contribution in [2.24, 2.45) is 0 Å². The highest BCUT2D eigenvalue weighted by atomic mass is 16.5. The van der Waals surface area contributed by atoms with E-state index in [0.29, 0.717) is 19.1 Å². The summed E-state index contributed by atoms with van der Waals surface area (Å²) in [5.41, 5.74) is 4.21. The van der Waals surface area contributed by atoms with Crippen LogP contribution in [-0.2, 0) is 6.54 Å². The molecule has 0 aliphatic heterocycles. The smallest absolute Gasteiger partial charge is 0.178 e. The number of aromatic nitrogens is 1. The van der Waals surface area contributed by atoms with E-state index in [2.05, 4.69) is 23.7 Å². The average Bonchev–Trinajstić information content (AvgIpc) is 3.33. The summed E-state index contributed by atoms with van der Waals surface area (Å²) in [5.74, 6) is 0.999. The van der Waals surface area contributed by atoms with Crippen LogP contribution in [0.3, 0.4) is 0 Å². The Kier molecular flexibility index (Phi) is 4.53. The summed E-state index contributed by atoms with van der Waals surface area (Å²) in [4.78, 5) is 12.5. The zero-order valence-corrected chi connectivity index (χ0v) is 14.1. The van der Waals surface area contributed by atoms with Crippen LogP contribution in [0.25, 0.3) is 0 Å². The van der Waals surface area contributed by atoms with Crippen LogP contribution in [0.2, 0.25) is 0 Å². The molecule has 1 fully saturated rings. The number of carbonyl (C=O) groups is 1. The van der Waals surface area contributed by atoms with Crippen molar-refractivity contribution in [2.75, 3.05) is 13.7 Å². The Morgan fingerprint density at radius 2 is 2.04 bits per heavy atom. The van der Waals surface area contributed by atoms with Crippen LogP contribution in [0.4, 0.5) is 0 Å². The maximum absolute atomic E-state index is 12.5. The third-order valence-electron chi connectivity index (χ3n) is 4.49. The molecule has 0 atom stereocenters. The number of benzene rings is 1. The third kappa shape index (κ3) is 3.32. The Hall–Kier alpha value is -2.07. The fourth-order valence-electron chi connectivity index (χ4n) is 3.21. The molecule has 2 aromatic rings. The van der Waals surface area contributed by atoms with Crippen molar-refractivity contribution in [3.8, 4) is 5.75 Å². The zero-order chi connectivity index (χ0) is 16.4. The minimum Gasteiger partial charge on any atom is -0.496 e. The lowest BCUT2D eigenvalue weighted by Gasteiger charge is -2.10. The number of ketones is 1. The lowest BCUT2D eigenvalue weighted by molar-refractivity contribution is 0.0990. The quantitative estimate of drug-likeness (QED) is 0.797. The monoisotopic (exact) mass is 312 g/mol. The van der Waals surface area contributed by atoms with Crippen molar-refractivity contribution in [1.29, 1.82) is 0 Å². The number of methoxy groups -OCH3 is 1. The van der Waals surface area contributed by atoms with E-state index in [0.717, 1.165) is 22.6 Å². The molecule has 0 bridgehead atoms. The number of hydrogen-bond donors (Lipinski definition) is 1. The molecule has 4 heteroatoms. The number of nitrogens with one attached hydrogen (secondary N) is 1. The van der Waals surface area contributed by atoms with Crippen molar-refractivity contribution >= 4 is 5.78 Å². The van der Waals surface area contributed by atoms with Crippen LogP contribution in [0.15, 0.2) is 30.3 Å². The SMILES string of the molecule is COc1ccccc1CNCC(=O)c1cc(C)n(C2CC2)c1C. The van der Waals surface area contributed by atoms with Gasteiger partial charge in [-0.3, -0.25) is 4.79 Å². The Bertz CT molecular complexity index is 714. The van der Waals surface area contributed by atoms with Crippen molar-refractivity contribution in [3.63, 3.8) is 0 Å². The summed E-state index contributed by atoms with van der Waals surface area (Å²) < 4.78 is 7.64. The molecule has 1 aliphatic rings. The summed E-state index contributed by atoms with van der Waals surface area (Å²) in [6.45, 7) is 5.10. The fraction of sp³-hybridized carbons (Fsp3) is 0.421.